The van der Waals surface area contributed by atoms with E-state index in [0.29, 0.717) is 44.9 Å². The number of phosphoric acid groups is 2. The van der Waals surface area contributed by atoms with Crippen LogP contribution in [-0.4, -0.2) is 96.7 Å². The largest absolute Gasteiger partial charge is 0.472 e. The summed E-state index contributed by atoms with van der Waals surface area (Å²) in [6.07, 6.45) is 96.1. The number of esters is 4. The lowest BCUT2D eigenvalue weighted by molar-refractivity contribution is -0.161. The minimum atomic E-state index is -5.02. The number of carbonyl (C=O) groups excluding carboxylic acids is 4. The summed E-state index contributed by atoms with van der Waals surface area (Å²) in [4.78, 5) is 73.0. The van der Waals surface area contributed by atoms with Crippen molar-refractivity contribution in [1.29, 1.82) is 0 Å². The molecule has 0 fully saturated rings. The number of hydrogen-bond acceptors (Lipinski definition) is 15. The lowest BCUT2D eigenvalue weighted by Crippen LogP contribution is -2.30. The van der Waals surface area contributed by atoms with Gasteiger partial charge in [0.15, 0.2) is 12.2 Å². The Labute approximate surface area is 654 Å². The molecule has 0 aliphatic rings. The Morgan fingerprint density at radius 3 is 0.787 bits per heavy atom. The maximum atomic E-state index is 13.1. The van der Waals surface area contributed by atoms with Crippen LogP contribution in [0.1, 0.15) is 297 Å². The fourth-order valence-electron chi connectivity index (χ4n) is 10.0. The Balaban J connectivity index is 5.56. The van der Waals surface area contributed by atoms with E-state index in [2.05, 4.69) is 167 Å². The van der Waals surface area contributed by atoms with Crippen LogP contribution in [0.15, 0.2) is 182 Å². The summed E-state index contributed by atoms with van der Waals surface area (Å²) >= 11 is 0. The SMILES string of the molecule is CCCCC/C=C\C/C=C\C/C=C\C/C=C\C/C=C\CCC(=O)OC[C@H](COP(=O)(O)OC[C@@H](O)COP(=O)(O)OC[C@@H](COC(=O)CCC/C=C\C/C=C\C/C=C\C/C=C\CCCCC)OC(=O)CCCCCCC/C=C\C/C=C\CCCCC)OC(=O)CCC/C=C\C/C=C\C/C=C\C/C=C\CCCCC. The molecule has 0 aromatic rings. The second-order valence-electron chi connectivity index (χ2n) is 26.6. The molecule has 0 spiro atoms. The highest BCUT2D eigenvalue weighted by Gasteiger charge is 2.30. The van der Waals surface area contributed by atoms with Gasteiger partial charge < -0.3 is 33.8 Å². The van der Waals surface area contributed by atoms with Gasteiger partial charge in [-0.25, -0.2) is 9.13 Å². The van der Waals surface area contributed by atoms with Gasteiger partial charge in [-0.3, -0.25) is 37.3 Å². The normalized spacial score (nSPS) is 14.8. The molecule has 0 aliphatic carbocycles. The highest BCUT2D eigenvalue weighted by Crippen LogP contribution is 2.45. The first-order valence-electron chi connectivity index (χ1n) is 41.0. The van der Waals surface area contributed by atoms with Crippen molar-refractivity contribution < 1.29 is 80.2 Å². The molecule has 5 atom stereocenters. The molecule has 0 amide bonds. The number of phosphoric ester groups is 2. The van der Waals surface area contributed by atoms with Gasteiger partial charge >= 0.3 is 39.5 Å². The van der Waals surface area contributed by atoms with E-state index in [4.69, 9.17) is 37.0 Å². The Morgan fingerprint density at radius 1 is 0.259 bits per heavy atom. The molecule has 19 heteroatoms. The van der Waals surface area contributed by atoms with Crippen molar-refractivity contribution >= 4 is 39.5 Å². The molecule has 612 valence electrons. The van der Waals surface area contributed by atoms with E-state index in [1.54, 1.807) is 0 Å². The van der Waals surface area contributed by atoms with Crippen molar-refractivity contribution in [3.05, 3.63) is 182 Å². The molecule has 0 aliphatic heterocycles. The molecule has 0 aromatic heterocycles. The number of ether oxygens (including phenoxy) is 4. The van der Waals surface area contributed by atoms with Crippen molar-refractivity contribution in [2.45, 2.75) is 316 Å². The smallest absolute Gasteiger partial charge is 0.462 e. The number of aliphatic hydroxyl groups is 1. The first-order valence-corrected chi connectivity index (χ1v) is 44.0. The van der Waals surface area contributed by atoms with Crippen LogP contribution in [0, 0.1) is 0 Å². The molecule has 0 saturated carbocycles. The molecule has 0 aromatic carbocycles. The molecule has 17 nitrogen and oxygen atoms in total. The van der Waals surface area contributed by atoms with Crippen LogP contribution in [0.3, 0.4) is 0 Å². The molecule has 0 heterocycles. The van der Waals surface area contributed by atoms with Crippen molar-refractivity contribution in [3.8, 4) is 0 Å². The average molecular weight is 1550 g/mol. The van der Waals surface area contributed by atoms with Gasteiger partial charge in [0.05, 0.1) is 26.4 Å². The number of allylic oxidation sites excluding steroid dienone is 30. The van der Waals surface area contributed by atoms with E-state index in [1.807, 2.05) is 42.5 Å². The van der Waals surface area contributed by atoms with Crippen LogP contribution in [0.25, 0.3) is 0 Å². The molecular formula is C89H144O17P2. The minimum Gasteiger partial charge on any atom is -0.462 e. The highest BCUT2D eigenvalue weighted by atomic mass is 31.2. The topological polar surface area (TPSA) is 237 Å². The van der Waals surface area contributed by atoms with E-state index in [0.717, 1.165) is 122 Å². The van der Waals surface area contributed by atoms with Gasteiger partial charge in [0.1, 0.15) is 19.3 Å². The number of carbonyl (C=O) groups is 4. The maximum absolute atomic E-state index is 13.1. The second-order valence-corrected chi connectivity index (χ2v) is 29.5. The monoisotopic (exact) mass is 1550 g/mol. The average Bonchev–Trinajstić information content (AvgIpc) is 0.906. The molecule has 0 bridgehead atoms. The standard InChI is InChI=1S/C89H144O17P2/c1-5-9-13-17-21-25-29-33-37-40-41-44-47-50-54-58-62-66-70-74-87(92)100-80-85(106-89(94)76-72-68-64-60-56-52-48-43-39-35-31-27-23-19-15-11-7-3)82-104-108(97,98)102-78-83(90)77-101-107(95,96)103-81-84(105-88(93)75-71-67-63-59-55-51-45-36-32-28-24-20-16-12-8-4)79-99-86(91)73-69-65-61-57-53-49-46-42-38-34-30-26-22-18-14-10-6-2/h21-28,33-39,41,44-46,48-50,52,54,57,60-62,64,66,83-85,90H,5-20,29-32,40,42-43,47,51,53,55-56,58-59,63,65,67-82H2,1-4H3,(H,95,96)(H,97,98)/b25-21-,26-22-,27-23-,28-24-,37-33-,38-34-,39-35-,44-41-,45-36-,49-46-,52-48-,54-50-,61-57-,64-60-,66-62-/t83-,84+,85+/m0/s1. The number of aliphatic hydroxyl groups excluding tert-OH is 1. The van der Waals surface area contributed by atoms with Gasteiger partial charge in [-0.1, -0.05) is 281 Å². The summed E-state index contributed by atoms with van der Waals surface area (Å²) in [5.74, 6) is -2.43. The molecule has 3 N–H and O–H groups in total. The Morgan fingerprint density at radius 2 is 0.481 bits per heavy atom. The maximum Gasteiger partial charge on any atom is 0.472 e. The summed E-state index contributed by atoms with van der Waals surface area (Å²) in [7, 11) is -10.0. The third-order valence-electron chi connectivity index (χ3n) is 16.3. The van der Waals surface area contributed by atoms with Crippen molar-refractivity contribution in [2.24, 2.45) is 0 Å². The summed E-state index contributed by atoms with van der Waals surface area (Å²) in [6.45, 7) is 4.52. The summed E-state index contributed by atoms with van der Waals surface area (Å²) in [6, 6.07) is 0. The van der Waals surface area contributed by atoms with Gasteiger partial charge in [0, 0.05) is 25.7 Å². The van der Waals surface area contributed by atoms with Crippen LogP contribution in [-0.2, 0) is 65.4 Å². The van der Waals surface area contributed by atoms with Crippen LogP contribution in [0.4, 0.5) is 0 Å². The fourth-order valence-corrected chi connectivity index (χ4v) is 11.6. The molecular weight excluding hydrogens is 1400 g/mol. The van der Waals surface area contributed by atoms with Gasteiger partial charge in [-0.15, -0.1) is 0 Å². The van der Waals surface area contributed by atoms with Crippen LogP contribution < -0.4 is 0 Å². The van der Waals surface area contributed by atoms with Gasteiger partial charge in [-0.05, 0) is 173 Å². The van der Waals surface area contributed by atoms with Gasteiger partial charge in [0.2, 0.25) is 0 Å². The molecule has 0 radical (unpaired) electrons. The van der Waals surface area contributed by atoms with Crippen LogP contribution in [0.5, 0.6) is 0 Å². The molecule has 108 heavy (non-hydrogen) atoms. The predicted octanol–water partition coefficient (Wildman–Crippen LogP) is 24.3. The van der Waals surface area contributed by atoms with Crippen LogP contribution >= 0.6 is 15.6 Å². The van der Waals surface area contributed by atoms with Crippen molar-refractivity contribution in [2.75, 3.05) is 39.6 Å². The van der Waals surface area contributed by atoms with E-state index >= 15 is 0 Å². The Bertz CT molecular complexity index is 2760. The first-order chi connectivity index (χ1) is 52.7. The third kappa shape index (κ3) is 78.3. The fraction of sp³-hybridized carbons (Fsp3) is 0.618. The summed E-state index contributed by atoms with van der Waals surface area (Å²) < 4.78 is 68.5. The molecule has 2 unspecified atom stereocenters. The van der Waals surface area contributed by atoms with E-state index in [-0.39, 0.29) is 25.7 Å². The molecule has 0 saturated heterocycles. The van der Waals surface area contributed by atoms with E-state index in [9.17, 15) is 43.2 Å². The van der Waals surface area contributed by atoms with E-state index in [1.165, 1.54) is 77.0 Å². The predicted molar refractivity (Wildman–Crippen MR) is 445 cm³/mol. The second kappa shape index (κ2) is 79.3. The van der Waals surface area contributed by atoms with Gasteiger partial charge in [0.25, 0.3) is 0 Å². The Kier molecular flexibility index (Phi) is 75.0. The molecule has 0 rings (SSSR count). The summed E-state index contributed by atoms with van der Waals surface area (Å²) in [5, 5.41) is 10.7. The lowest BCUT2D eigenvalue weighted by atomic mass is 10.1. The lowest BCUT2D eigenvalue weighted by Gasteiger charge is -2.21. The number of unbranched alkanes of at least 4 members (excludes halogenated alkanes) is 19. The first kappa shape index (κ1) is 102. The zero-order valence-corrected chi connectivity index (χ0v) is 68.7. The number of hydrogen-bond donors (Lipinski definition) is 3. The quantitative estimate of drug-likeness (QED) is 0.0169. The minimum absolute atomic E-state index is 0.00483. The third-order valence-corrected chi connectivity index (χ3v) is 18.2. The van der Waals surface area contributed by atoms with Gasteiger partial charge in [-0.2, -0.15) is 0 Å². The number of rotatable bonds is 75. The van der Waals surface area contributed by atoms with Crippen LogP contribution in [0.2, 0.25) is 0 Å². The Hall–Kier alpha value is -5.84. The zero-order chi connectivity index (χ0) is 78.9. The van der Waals surface area contributed by atoms with E-state index < -0.39 is 97.5 Å². The van der Waals surface area contributed by atoms with Crippen molar-refractivity contribution in [1.82, 2.24) is 0 Å². The van der Waals surface area contributed by atoms with Crippen molar-refractivity contribution in [3.63, 3.8) is 0 Å². The summed E-state index contributed by atoms with van der Waals surface area (Å²) in [5.41, 5.74) is 0. The zero-order valence-electron chi connectivity index (χ0n) is 66.9. The highest BCUT2D eigenvalue weighted by molar-refractivity contribution is 7.47.